The molecule has 0 saturated carbocycles. The van der Waals surface area contributed by atoms with Crippen molar-refractivity contribution in [2.75, 3.05) is 20.3 Å². The van der Waals surface area contributed by atoms with Crippen LogP contribution in [0.15, 0.2) is 0 Å². The fourth-order valence-electron chi connectivity index (χ4n) is 0.337. The minimum Gasteiger partial charge on any atom is -0.396 e. The van der Waals surface area contributed by atoms with Crippen LogP contribution in [0.3, 0.4) is 0 Å². The minimum atomic E-state index is 0. The van der Waals surface area contributed by atoms with Crippen LogP contribution in [-0.2, 0) is 30.6 Å². The predicted octanol–water partition coefficient (Wildman–Crippen LogP) is 0.259. The molecule has 0 spiro atoms. The summed E-state index contributed by atoms with van der Waals surface area (Å²) in [5.74, 6) is 0.282. The number of hydrogen-bond acceptors (Lipinski definition) is 2. The van der Waals surface area contributed by atoms with E-state index in [9.17, 15) is 0 Å². The molecule has 0 aliphatic rings. The molecule has 0 aromatic carbocycles. The summed E-state index contributed by atoms with van der Waals surface area (Å²) < 4.78 is 4.73. The SMILES string of the molecule is COCC(C)CO.[Hf]. The molecule has 1 atom stereocenters. The number of hydrogen-bond donors (Lipinski definition) is 1. The van der Waals surface area contributed by atoms with E-state index in [1.807, 2.05) is 6.92 Å². The van der Waals surface area contributed by atoms with Gasteiger partial charge in [-0.25, -0.2) is 0 Å². The molecule has 0 fully saturated rings. The van der Waals surface area contributed by atoms with Gasteiger partial charge in [0.2, 0.25) is 0 Å². The molecule has 3 heteroatoms. The van der Waals surface area contributed by atoms with Gasteiger partial charge in [0.25, 0.3) is 0 Å². The van der Waals surface area contributed by atoms with Gasteiger partial charge in [-0.2, -0.15) is 0 Å². The van der Waals surface area contributed by atoms with Gasteiger partial charge >= 0.3 is 0 Å². The molecule has 0 amide bonds. The molecule has 1 N–H and O–H groups in total. The van der Waals surface area contributed by atoms with Crippen LogP contribution in [-0.4, -0.2) is 25.4 Å². The molecule has 0 saturated heterocycles. The Hall–Kier alpha value is 0.790. The molecule has 0 aliphatic heterocycles. The van der Waals surface area contributed by atoms with Gasteiger partial charge in [-0.1, -0.05) is 6.92 Å². The Morgan fingerprint density at radius 2 is 2.12 bits per heavy atom. The largest absolute Gasteiger partial charge is 0.396 e. The van der Waals surface area contributed by atoms with Crippen LogP contribution in [0, 0.1) is 5.92 Å². The van der Waals surface area contributed by atoms with Crippen LogP contribution in [0.25, 0.3) is 0 Å². The van der Waals surface area contributed by atoms with Crippen LogP contribution in [0.5, 0.6) is 0 Å². The molecular formula is C5H12HfO2. The summed E-state index contributed by atoms with van der Waals surface area (Å²) in [4.78, 5) is 0. The molecule has 0 radical (unpaired) electrons. The van der Waals surface area contributed by atoms with Crippen molar-refractivity contribution in [3.63, 3.8) is 0 Å². The van der Waals surface area contributed by atoms with E-state index in [1.54, 1.807) is 7.11 Å². The zero-order valence-electron chi connectivity index (χ0n) is 5.35. The van der Waals surface area contributed by atoms with E-state index in [1.165, 1.54) is 0 Å². The average molecular weight is 283 g/mol. The van der Waals surface area contributed by atoms with Crippen molar-refractivity contribution in [1.82, 2.24) is 0 Å². The predicted molar refractivity (Wildman–Crippen MR) is 28.1 cm³/mol. The molecule has 0 rings (SSSR count). The Kier molecular flexibility index (Phi) is 11.3. The molecule has 1 unspecified atom stereocenters. The van der Waals surface area contributed by atoms with Gasteiger partial charge < -0.3 is 9.84 Å². The maximum absolute atomic E-state index is 8.39. The first-order chi connectivity index (χ1) is 3.31. The quantitative estimate of drug-likeness (QED) is 0.753. The standard InChI is InChI=1S/C5H12O2.Hf/c1-5(3-6)4-7-2;/h5-6H,3-4H2,1-2H3;. The third-order valence-corrected chi connectivity index (χ3v) is 0.763. The van der Waals surface area contributed by atoms with Crippen LogP contribution in [0.2, 0.25) is 0 Å². The molecule has 0 heterocycles. The molecule has 0 aliphatic carbocycles. The number of rotatable bonds is 3. The summed E-state index contributed by atoms with van der Waals surface area (Å²) >= 11 is 0. The molecule has 8 heavy (non-hydrogen) atoms. The van der Waals surface area contributed by atoms with Crippen LogP contribution < -0.4 is 0 Å². The first kappa shape index (κ1) is 11.6. The summed E-state index contributed by atoms with van der Waals surface area (Å²) in [6, 6.07) is 0. The summed E-state index contributed by atoms with van der Waals surface area (Å²) in [6.45, 7) is 2.80. The van der Waals surface area contributed by atoms with Gasteiger partial charge in [-0.15, -0.1) is 0 Å². The van der Waals surface area contributed by atoms with Gasteiger partial charge in [-0.05, 0) is 0 Å². The molecule has 48 valence electrons. The maximum Gasteiger partial charge on any atom is 0.0509 e. The summed E-state index contributed by atoms with van der Waals surface area (Å²) in [5, 5.41) is 8.39. The number of aliphatic hydroxyl groups is 1. The first-order valence-corrected chi connectivity index (χ1v) is 2.41. The number of aliphatic hydroxyl groups excluding tert-OH is 1. The third-order valence-electron chi connectivity index (χ3n) is 0.763. The number of ether oxygens (including phenoxy) is 1. The summed E-state index contributed by atoms with van der Waals surface area (Å²) in [6.07, 6.45) is 0. The van der Waals surface area contributed by atoms with Crippen molar-refractivity contribution in [1.29, 1.82) is 0 Å². The van der Waals surface area contributed by atoms with E-state index < -0.39 is 0 Å². The van der Waals surface area contributed by atoms with Crippen molar-refractivity contribution in [2.24, 2.45) is 5.92 Å². The Balaban J connectivity index is 0. The van der Waals surface area contributed by atoms with Gasteiger partial charge in [0.05, 0.1) is 6.61 Å². The van der Waals surface area contributed by atoms with E-state index in [4.69, 9.17) is 9.84 Å². The van der Waals surface area contributed by atoms with E-state index in [-0.39, 0.29) is 38.4 Å². The number of methoxy groups -OCH3 is 1. The fourth-order valence-corrected chi connectivity index (χ4v) is 0.337. The minimum absolute atomic E-state index is 0. The van der Waals surface area contributed by atoms with E-state index in [2.05, 4.69) is 0 Å². The van der Waals surface area contributed by atoms with Gasteiger partial charge in [-0.3, -0.25) is 0 Å². The van der Waals surface area contributed by atoms with Gasteiger partial charge in [0.15, 0.2) is 0 Å². The molecule has 0 aromatic rings. The van der Waals surface area contributed by atoms with Crippen molar-refractivity contribution in [2.45, 2.75) is 6.92 Å². The van der Waals surface area contributed by atoms with Crippen molar-refractivity contribution in [3.05, 3.63) is 0 Å². The van der Waals surface area contributed by atoms with Crippen molar-refractivity contribution in [3.8, 4) is 0 Å². The summed E-state index contributed by atoms with van der Waals surface area (Å²) in [7, 11) is 1.63. The van der Waals surface area contributed by atoms with E-state index >= 15 is 0 Å². The fraction of sp³-hybridized carbons (Fsp3) is 1.00. The van der Waals surface area contributed by atoms with E-state index in [0.717, 1.165) is 0 Å². The van der Waals surface area contributed by atoms with Crippen LogP contribution in [0.1, 0.15) is 6.92 Å². The van der Waals surface area contributed by atoms with Crippen molar-refractivity contribution >= 4 is 0 Å². The molecule has 0 aromatic heterocycles. The normalized spacial score (nSPS) is 12.4. The maximum atomic E-state index is 8.39. The zero-order valence-corrected chi connectivity index (χ0v) is 8.94. The van der Waals surface area contributed by atoms with Crippen LogP contribution >= 0.6 is 0 Å². The second kappa shape index (κ2) is 7.79. The van der Waals surface area contributed by atoms with Gasteiger partial charge in [0.1, 0.15) is 0 Å². The van der Waals surface area contributed by atoms with Crippen LogP contribution in [0.4, 0.5) is 0 Å². The second-order valence-electron chi connectivity index (χ2n) is 1.74. The van der Waals surface area contributed by atoms with Gasteiger partial charge in [0, 0.05) is 45.5 Å². The third kappa shape index (κ3) is 6.79. The summed E-state index contributed by atoms with van der Waals surface area (Å²) in [5.41, 5.74) is 0. The Bertz CT molecular complexity index is 41.4. The molecule has 2 nitrogen and oxygen atoms in total. The van der Waals surface area contributed by atoms with E-state index in [0.29, 0.717) is 6.61 Å². The Morgan fingerprint density at radius 1 is 1.62 bits per heavy atom. The topological polar surface area (TPSA) is 29.5 Å². The Morgan fingerprint density at radius 3 is 2.25 bits per heavy atom. The second-order valence-corrected chi connectivity index (χ2v) is 1.74. The molecule has 0 bridgehead atoms. The van der Waals surface area contributed by atoms with Crippen molar-refractivity contribution < 1.29 is 35.7 Å². The first-order valence-electron chi connectivity index (χ1n) is 2.41. The smallest absolute Gasteiger partial charge is 0.0509 e. The zero-order chi connectivity index (χ0) is 5.70. The molecular weight excluding hydrogens is 271 g/mol. The monoisotopic (exact) mass is 284 g/mol. The average Bonchev–Trinajstić information content (AvgIpc) is 1.68. The Labute approximate surface area is 69.0 Å².